The van der Waals surface area contributed by atoms with Crippen LogP contribution in [-0.4, -0.2) is 53.9 Å². The molecule has 1 aliphatic heterocycles. The van der Waals surface area contributed by atoms with Crippen LogP contribution in [-0.2, 0) is 20.9 Å². The molecule has 150 valence electrons. The second-order valence-corrected chi connectivity index (χ2v) is 6.43. The van der Waals surface area contributed by atoms with Crippen molar-refractivity contribution < 1.29 is 18.8 Å². The average Bonchev–Trinajstić information content (AvgIpc) is 3.24. The Morgan fingerprint density at radius 3 is 2.62 bits per heavy atom. The first-order chi connectivity index (χ1) is 14.3. The second-order valence-electron chi connectivity index (χ2n) is 6.43. The van der Waals surface area contributed by atoms with E-state index in [1.165, 1.54) is 0 Å². The van der Waals surface area contributed by atoms with E-state index in [1.54, 1.807) is 24.5 Å². The highest BCUT2D eigenvalue weighted by atomic mass is 16.5. The first-order valence-corrected chi connectivity index (χ1v) is 9.31. The summed E-state index contributed by atoms with van der Waals surface area (Å²) in [5.74, 6) is 0.508. The van der Waals surface area contributed by atoms with Crippen LogP contribution in [0.2, 0.25) is 0 Å². The Bertz CT molecular complexity index is 924. The van der Waals surface area contributed by atoms with Crippen molar-refractivity contribution in [2.75, 3.05) is 43.1 Å². The van der Waals surface area contributed by atoms with Crippen LogP contribution in [0, 0.1) is 0 Å². The van der Waals surface area contributed by atoms with Gasteiger partial charge in [0.15, 0.2) is 0 Å². The van der Waals surface area contributed by atoms with Crippen molar-refractivity contribution in [1.29, 1.82) is 0 Å². The standard InChI is InChI=1S/C20H21N5O4/c26-18(22-16-1-3-17(4-2-16)25-9-11-27-12-10-25)13-28-14-19-23-20(24-29-19)15-5-7-21-8-6-15/h1-8H,9-14H2,(H,22,26). The van der Waals surface area contributed by atoms with Gasteiger partial charge >= 0.3 is 0 Å². The van der Waals surface area contributed by atoms with Gasteiger partial charge in [0.05, 0.1) is 13.2 Å². The summed E-state index contributed by atoms with van der Waals surface area (Å²) in [5.41, 5.74) is 2.63. The van der Waals surface area contributed by atoms with Crippen LogP contribution in [0.4, 0.5) is 11.4 Å². The van der Waals surface area contributed by atoms with Crippen molar-refractivity contribution in [1.82, 2.24) is 15.1 Å². The summed E-state index contributed by atoms with van der Waals surface area (Å²) in [4.78, 5) is 22.5. The van der Waals surface area contributed by atoms with Crippen LogP contribution >= 0.6 is 0 Å². The van der Waals surface area contributed by atoms with Gasteiger partial charge in [-0.15, -0.1) is 0 Å². The Hall–Kier alpha value is -3.30. The van der Waals surface area contributed by atoms with E-state index in [4.69, 9.17) is 14.0 Å². The molecule has 0 bridgehead atoms. The van der Waals surface area contributed by atoms with Crippen LogP contribution in [0.25, 0.3) is 11.4 Å². The Morgan fingerprint density at radius 2 is 1.86 bits per heavy atom. The van der Waals surface area contributed by atoms with Gasteiger partial charge in [-0.1, -0.05) is 5.16 Å². The van der Waals surface area contributed by atoms with E-state index >= 15 is 0 Å². The minimum absolute atomic E-state index is 0.0570. The van der Waals surface area contributed by atoms with Gasteiger partial charge in [-0.25, -0.2) is 0 Å². The highest BCUT2D eigenvalue weighted by Gasteiger charge is 2.12. The Kier molecular flexibility index (Phi) is 6.08. The Morgan fingerprint density at radius 1 is 1.10 bits per heavy atom. The van der Waals surface area contributed by atoms with Gasteiger partial charge in [0.1, 0.15) is 13.2 Å². The van der Waals surface area contributed by atoms with E-state index in [0.717, 1.165) is 37.6 Å². The quantitative estimate of drug-likeness (QED) is 0.649. The number of hydrogen-bond donors (Lipinski definition) is 1. The largest absolute Gasteiger partial charge is 0.378 e. The van der Waals surface area contributed by atoms with Crippen LogP contribution < -0.4 is 10.2 Å². The van der Waals surface area contributed by atoms with Crippen molar-refractivity contribution in [3.63, 3.8) is 0 Å². The van der Waals surface area contributed by atoms with Crippen LogP contribution in [0.15, 0.2) is 53.3 Å². The van der Waals surface area contributed by atoms with E-state index < -0.39 is 0 Å². The number of anilines is 2. The zero-order chi connectivity index (χ0) is 19.9. The molecular weight excluding hydrogens is 374 g/mol. The molecule has 1 aromatic carbocycles. The third kappa shape index (κ3) is 5.15. The zero-order valence-electron chi connectivity index (χ0n) is 15.8. The molecule has 3 heterocycles. The van der Waals surface area contributed by atoms with Gasteiger partial charge in [-0.3, -0.25) is 9.78 Å². The normalized spacial score (nSPS) is 14.0. The van der Waals surface area contributed by atoms with E-state index in [2.05, 4.69) is 25.3 Å². The van der Waals surface area contributed by atoms with E-state index in [9.17, 15) is 4.79 Å². The third-order valence-corrected chi connectivity index (χ3v) is 4.39. The summed E-state index contributed by atoms with van der Waals surface area (Å²) in [6, 6.07) is 11.3. The lowest BCUT2D eigenvalue weighted by molar-refractivity contribution is -0.121. The number of benzene rings is 1. The SMILES string of the molecule is O=C(COCc1nc(-c2ccncc2)no1)Nc1ccc(N2CCOCC2)cc1. The van der Waals surface area contributed by atoms with Gasteiger partial charge in [0.25, 0.3) is 5.89 Å². The number of morpholine rings is 1. The van der Waals surface area contributed by atoms with E-state index in [-0.39, 0.29) is 19.1 Å². The molecule has 3 aromatic rings. The molecule has 0 aliphatic carbocycles. The van der Waals surface area contributed by atoms with Gasteiger partial charge in [-0.2, -0.15) is 4.98 Å². The minimum atomic E-state index is -0.252. The van der Waals surface area contributed by atoms with Gasteiger partial charge in [0, 0.05) is 42.4 Å². The number of carbonyl (C=O) groups is 1. The summed E-state index contributed by atoms with van der Waals surface area (Å²) in [6.07, 6.45) is 3.30. The van der Waals surface area contributed by atoms with Gasteiger partial charge < -0.3 is 24.2 Å². The number of rotatable bonds is 7. The molecule has 0 atom stereocenters. The molecule has 9 nitrogen and oxygen atoms in total. The molecular formula is C20H21N5O4. The molecule has 1 N–H and O–H groups in total. The lowest BCUT2D eigenvalue weighted by atomic mass is 10.2. The van der Waals surface area contributed by atoms with Gasteiger partial charge in [0.2, 0.25) is 11.7 Å². The fraction of sp³-hybridized carbons (Fsp3) is 0.300. The number of aromatic nitrogens is 3. The molecule has 2 aromatic heterocycles. The fourth-order valence-electron chi connectivity index (χ4n) is 2.94. The van der Waals surface area contributed by atoms with Crippen LogP contribution in [0.3, 0.4) is 0 Å². The van der Waals surface area contributed by atoms with E-state index in [1.807, 2.05) is 24.3 Å². The summed E-state index contributed by atoms with van der Waals surface area (Å²) in [6.45, 7) is 3.16. The topological polar surface area (TPSA) is 103 Å². The van der Waals surface area contributed by atoms with Crippen molar-refractivity contribution >= 4 is 17.3 Å². The second kappa shape index (κ2) is 9.26. The number of nitrogens with one attached hydrogen (secondary N) is 1. The maximum Gasteiger partial charge on any atom is 0.252 e. The van der Waals surface area contributed by atoms with Crippen molar-refractivity contribution in [2.24, 2.45) is 0 Å². The first-order valence-electron chi connectivity index (χ1n) is 9.31. The maximum atomic E-state index is 12.1. The van der Waals surface area contributed by atoms with Crippen molar-refractivity contribution in [2.45, 2.75) is 6.61 Å². The molecule has 0 saturated carbocycles. The smallest absolute Gasteiger partial charge is 0.252 e. The first kappa shape index (κ1) is 19.0. The monoisotopic (exact) mass is 395 g/mol. The molecule has 1 aliphatic rings. The van der Waals surface area contributed by atoms with Crippen LogP contribution in [0.1, 0.15) is 5.89 Å². The molecule has 1 amide bonds. The number of hydrogen-bond acceptors (Lipinski definition) is 8. The number of carbonyl (C=O) groups excluding carboxylic acids is 1. The van der Waals surface area contributed by atoms with E-state index in [0.29, 0.717) is 17.4 Å². The molecule has 0 unspecified atom stereocenters. The minimum Gasteiger partial charge on any atom is -0.378 e. The molecule has 1 fully saturated rings. The molecule has 1 saturated heterocycles. The maximum absolute atomic E-state index is 12.1. The van der Waals surface area contributed by atoms with Crippen molar-refractivity contribution in [3.8, 4) is 11.4 Å². The summed E-state index contributed by atoms with van der Waals surface area (Å²) in [5, 5.41) is 6.70. The third-order valence-electron chi connectivity index (χ3n) is 4.39. The summed E-state index contributed by atoms with van der Waals surface area (Å²) in [7, 11) is 0. The predicted octanol–water partition coefficient (Wildman–Crippen LogP) is 2.12. The number of nitrogens with zero attached hydrogens (tertiary/aromatic N) is 4. The molecule has 0 spiro atoms. The Balaban J connectivity index is 1.22. The molecule has 9 heteroatoms. The number of pyridine rings is 1. The fourth-order valence-corrected chi connectivity index (χ4v) is 2.94. The lowest BCUT2D eigenvalue weighted by Gasteiger charge is -2.28. The van der Waals surface area contributed by atoms with Gasteiger partial charge in [-0.05, 0) is 36.4 Å². The summed E-state index contributed by atoms with van der Waals surface area (Å²) >= 11 is 0. The molecule has 4 rings (SSSR count). The summed E-state index contributed by atoms with van der Waals surface area (Å²) < 4.78 is 15.9. The number of ether oxygens (including phenoxy) is 2. The van der Waals surface area contributed by atoms with Crippen LogP contribution in [0.5, 0.6) is 0 Å². The predicted molar refractivity (Wildman–Crippen MR) is 105 cm³/mol. The van der Waals surface area contributed by atoms with Crippen molar-refractivity contribution in [3.05, 3.63) is 54.7 Å². The number of amides is 1. The average molecular weight is 395 g/mol. The highest BCUT2D eigenvalue weighted by Crippen LogP contribution is 2.19. The zero-order valence-corrected chi connectivity index (χ0v) is 15.8. The molecule has 0 radical (unpaired) electrons. The lowest BCUT2D eigenvalue weighted by Crippen LogP contribution is -2.36. The highest BCUT2D eigenvalue weighted by molar-refractivity contribution is 5.91. The Labute approximate surface area is 167 Å². The molecule has 29 heavy (non-hydrogen) atoms.